The molecule has 0 fully saturated rings. The molecule has 1 atom stereocenters. The fraction of sp³-hybridized carbons (Fsp3) is 0.800. The first-order valence-corrected chi connectivity index (χ1v) is 4.67. The zero-order valence-electron chi connectivity index (χ0n) is 5.70. The summed E-state index contributed by atoms with van der Waals surface area (Å²) in [6.45, 7) is 0. The highest BCUT2D eigenvalue weighted by atomic mass is 32.2. The third-order valence-corrected chi connectivity index (χ3v) is 2.02. The number of carboxylic acid groups (broad SMARTS) is 1. The van der Waals surface area contributed by atoms with Crippen LogP contribution in [-0.2, 0) is 4.79 Å². The van der Waals surface area contributed by atoms with E-state index < -0.39 is 12.0 Å². The normalized spacial score (nSPS) is 13.0. The molecule has 0 aliphatic carbocycles. The van der Waals surface area contributed by atoms with Crippen molar-refractivity contribution >= 4 is 30.5 Å². The molecular weight excluding hydrogens is 170 g/mol. The van der Waals surface area contributed by atoms with E-state index in [0.29, 0.717) is 6.42 Å². The summed E-state index contributed by atoms with van der Waals surface area (Å²) in [7, 11) is 0. The van der Waals surface area contributed by atoms with Gasteiger partial charge in [-0.1, -0.05) is 12.8 Å². The molecule has 0 amide bonds. The first kappa shape index (κ1) is 10.1. The Morgan fingerprint density at radius 2 is 2.50 bits per heavy atom. The van der Waals surface area contributed by atoms with Gasteiger partial charge < -0.3 is 5.11 Å². The molecule has 0 aliphatic heterocycles. The van der Waals surface area contributed by atoms with Gasteiger partial charge >= 0.3 is 5.97 Å². The van der Waals surface area contributed by atoms with Gasteiger partial charge in [0.25, 0.3) is 0 Å². The molecule has 3 nitrogen and oxygen atoms in total. The number of aliphatic carboxylic acids is 1. The second kappa shape index (κ2) is 5.88. The lowest BCUT2D eigenvalue weighted by atomic mass is 10.2. The lowest BCUT2D eigenvalue weighted by Crippen LogP contribution is -2.31. The minimum atomic E-state index is -0.843. The standard InChI is InChI=1S/C5H11NO2S2/c1-10-3-2-4(6-9)5(7)8/h4,6,9H,2-3H2,1H3,(H,7,8). The topological polar surface area (TPSA) is 49.3 Å². The molecule has 0 bridgehead atoms. The van der Waals surface area contributed by atoms with Gasteiger partial charge in [-0.2, -0.15) is 11.8 Å². The highest BCUT2D eigenvalue weighted by molar-refractivity contribution is 7.98. The Bertz CT molecular complexity index is 110. The fourth-order valence-electron chi connectivity index (χ4n) is 0.479. The average Bonchev–Trinajstić information content (AvgIpc) is 1.89. The van der Waals surface area contributed by atoms with E-state index in [0.717, 1.165) is 5.75 Å². The molecular formula is C5H11NO2S2. The van der Waals surface area contributed by atoms with Gasteiger partial charge in [0, 0.05) is 0 Å². The Labute approximate surface area is 70.1 Å². The molecule has 0 radical (unpaired) electrons. The zero-order chi connectivity index (χ0) is 7.98. The van der Waals surface area contributed by atoms with Crippen LogP contribution < -0.4 is 4.72 Å². The molecule has 0 saturated heterocycles. The first-order chi connectivity index (χ1) is 4.72. The number of carbonyl (C=O) groups is 1. The lowest BCUT2D eigenvalue weighted by molar-refractivity contribution is -0.138. The molecule has 10 heavy (non-hydrogen) atoms. The van der Waals surface area contributed by atoms with Crippen LogP contribution in [0.1, 0.15) is 6.42 Å². The minimum absolute atomic E-state index is 0.518. The minimum Gasteiger partial charge on any atom is -0.480 e. The predicted octanol–water partition coefficient (Wildman–Crippen LogP) is 0.627. The molecule has 0 spiro atoms. The summed E-state index contributed by atoms with van der Waals surface area (Å²) in [6, 6.07) is -0.518. The third-order valence-electron chi connectivity index (χ3n) is 1.06. The van der Waals surface area contributed by atoms with Crippen molar-refractivity contribution in [1.29, 1.82) is 0 Å². The van der Waals surface area contributed by atoms with E-state index in [1.54, 1.807) is 11.8 Å². The molecule has 2 N–H and O–H groups in total. The number of hydrogen-bond donors (Lipinski definition) is 3. The van der Waals surface area contributed by atoms with E-state index in [2.05, 4.69) is 17.5 Å². The molecule has 60 valence electrons. The molecule has 0 aromatic carbocycles. The highest BCUT2D eigenvalue weighted by Gasteiger charge is 2.13. The van der Waals surface area contributed by atoms with Crippen molar-refractivity contribution in [2.45, 2.75) is 12.5 Å². The number of carboxylic acids is 1. The maximum atomic E-state index is 10.3. The molecule has 5 heteroatoms. The summed E-state index contributed by atoms with van der Waals surface area (Å²) in [5.41, 5.74) is 0. The SMILES string of the molecule is CSCCC(NS)C(=O)O. The van der Waals surface area contributed by atoms with E-state index >= 15 is 0 Å². The molecule has 0 heterocycles. The first-order valence-electron chi connectivity index (χ1n) is 2.83. The van der Waals surface area contributed by atoms with Gasteiger partial charge in [-0.05, 0) is 18.4 Å². The molecule has 0 aromatic heterocycles. The van der Waals surface area contributed by atoms with Crippen molar-refractivity contribution in [2.24, 2.45) is 0 Å². The fourth-order valence-corrected chi connectivity index (χ4v) is 1.19. The van der Waals surface area contributed by atoms with E-state index in [-0.39, 0.29) is 0 Å². The summed E-state index contributed by atoms with van der Waals surface area (Å²) in [5.74, 6) is -0.00565. The molecule has 0 rings (SSSR count). The predicted molar refractivity (Wildman–Crippen MR) is 46.5 cm³/mol. The van der Waals surface area contributed by atoms with Gasteiger partial charge in [-0.3, -0.25) is 9.52 Å². The summed E-state index contributed by atoms with van der Waals surface area (Å²) < 4.78 is 2.42. The van der Waals surface area contributed by atoms with E-state index in [1.807, 2.05) is 6.26 Å². The van der Waals surface area contributed by atoms with E-state index in [9.17, 15) is 4.79 Å². The quantitative estimate of drug-likeness (QED) is 0.544. The zero-order valence-corrected chi connectivity index (χ0v) is 7.41. The largest absolute Gasteiger partial charge is 0.480 e. The van der Waals surface area contributed by atoms with Gasteiger partial charge in [0.15, 0.2) is 0 Å². The summed E-state index contributed by atoms with van der Waals surface area (Å²) >= 11 is 5.31. The van der Waals surface area contributed by atoms with Crippen LogP contribution in [0.15, 0.2) is 0 Å². The number of thiol groups is 1. The Hall–Kier alpha value is 0.130. The monoisotopic (exact) mass is 181 g/mol. The van der Waals surface area contributed by atoms with Crippen molar-refractivity contribution in [1.82, 2.24) is 4.72 Å². The highest BCUT2D eigenvalue weighted by Crippen LogP contribution is 2.00. The van der Waals surface area contributed by atoms with Crippen molar-refractivity contribution in [3.05, 3.63) is 0 Å². The summed E-state index contributed by atoms with van der Waals surface area (Å²) in [5, 5.41) is 8.48. The second-order valence-electron chi connectivity index (χ2n) is 1.80. The molecule has 0 saturated carbocycles. The number of rotatable bonds is 5. The number of thioether (sulfide) groups is 1. The van der Waals surface area contributed by atoms with Gasteiger partial charge in [0.1, 0.15) is 6.04 Å². The van der Waals surface area contributed by atoms with Crippen molar-refractivity contribution in [2.75, 3.05) is 12.0 Å². The van der Waals surface area contributed by atoms with E-state index in [1.165, 1.54) is 0 Å². The Balaban J connectivity index is 3.50. The van der Waals surface area contributed by atoms with Crippen LogP contribution >= 0.6 is 24.6 Å². The Kier molecular flexibility index (Phi) is 5.96. The average molecular weight is 181 g/mol. The second-order valence-corrected chi connectivity index (χ2v) is 3.05. The smallest absolute Gasteiger partial charge is 0.321 e. The van der Waals surface area contributed by atoms with Crippen molar-refractivity contribution < 1.29 is 9.90 Å². The van der Waals surface area contributed by atoms with Gasteiger partial charge in [-0.15, -0.1) is 0 Å². The maximum Gasteiger partial charge on any atom is 0.321 e. The number of hydrogen-bond acceptors (Lipinski definition) is 4. The van der Waals surface area contributed by atoms with Crippen LogP contribution in [0.2, 0.25) is 0 Å². The number of nitrogens with one attached hydrogen (secondary N) is 1. The van der Waals surface area contributed by atoms with Gasteiger partial charge in [0.2, 0.25) is 0 Å². The maximum absolute atomic E-state index is 10.3. The van der Waals surface area contributed by atoms with Crippen LogP contribution in [0.3, 0.4) is 0 Å². The van der Waals surface area contributed by atoms with Crippen LogP contribution in [-0.4, -0.2) is 29.1 Å². The third kappa shape index (κ3) is 4.03. The summed E-state index contributed by atoms with van der Waals surface area (Å²) in [4.78, 5) is 10.3. The van der Waals surface area contributed by atoms with Crippen molar-refractivity contribution in [3.8, 4) is 0 Å². The van der Waals surface area contributed by atoms with E-state index in [4.69, 9.17) is 5.11 Å². The van der Waals surface area contributed by atoms with Crippen LogP contribution in [0.25, 0.3) is 0 Å². The Morgan fingerprint density at radius 3 is 2.80 bits per heavy atom. The van der Waals surface area contributed by atoms with Gasteiger partial charge in [-0.25, -0.2) is 0 Å². The molecule has 0 aromatic rings. The molecule has 0 aliphatic rings. The van der Waals surface area contributed by atoms with Crippen LogP contribution in [0, 0.1) is 0 Å². The van der Waals surface area contributed by atoms with Crippen molar-refractivity contribution in [3.63, 3.8) is 0 Å². The molecule has 1 unspecified atom stereocenters. The van der Waals surface area contributed by atoms with Crippen LogP contribution in [0.5, 0.6) is 0 Å². The van der Waals surface area contributed by atoms with Gasteiger partial charge in [0.05, 0.1) is 0 Å². The summed E-state index contributed by atoms with van der Waals surface area (Å²) in [6.07, 6.45) is 2.55. The lowest BCUT2D eigenvalue weighted by Gasteiger charge is -2.07. The van der Waals surface area contributed by atoms with Crippen LogP contribution in [0.4, 0.5) is 0 Å². The Morgan fingerprint density at radius 1 is 1.90 bits per heavy atom.